The highest BCUT2D eigenvalue weighted by atomic mass is 16.8. The fourth-order valence-corrected chi connectivity index (χ4v) is 3.98. The van der Waals surface area contributed by atoms with Crippen LogP contribution >= 0.6 is 0 Å². The topological polar surface area (TPSA) is 136 Å². The Bertz CT molecular complexity index is 1010. The summed E-state index contributed by atoms with van der Waals surface area (Å²) in [6, 6.07) is 16.5. The molecule has 11 nitrogen and oxygen atoms in total. The van der Waals surface area contributed by atoms with Crippen LogP contribution in [0.1, 0.15) is 24.3 Å². The first-order valence-corrected chi connectivity index (χ1v) is 11.1. The van der Waals surface area contributed by atoms with Gasteiger partial charge in [0.1, 0.15) is 12.2 Å². The lowest BCUT2D eigenvalue weighted by Crippen LogP contribution is -2.71. The molecule has 2 saturated heterocycles. The third-order valence-electron chi connectivity index (χ3n) is 5.88. The summed E-state index contributed by atoms with van der Waals surface area (Å²) in [6.07, 6.45) is -5.36. The first-order valence-electron chi connectivity index (χ1n) is 11.1. The molecular weight excluding hydrogens is 462 g/mol. The quantitative estimate of drug-likeness (QED) is 0.254. The van der Waals surface area contributed by atoms with Crippen molar-refractivity contribution in [2.75, 3.05) is 13.7 Å². The largest absolute Gasteiger partial charge is 0.419 e. The Morgan fingerprint density at radius 3 is 2.46 bits per heavy atom. The van der Waals surface area contributed by atoms with Gasteiger partial charge in [0.15, 0.2) is 12.4 Å². The normalized spacial score (nSPS) is 31.2. The van der Waals surface area contributed by atoms with Crippen LogP contribution in [0.15, 0.2) is 60.7 Å². The molecule has 2 fully saturated rings. The molecule has 2 aromatic rings. The van der Waals surface area contributed by atoms with E-state index in [-0.39, 0.29) is 13.2 Å². The Morgan fingerprint density at radius 2 is 1.83 bits per heavy atom. The number of hydrogen-bond donors (Lipinski definition) is 1. The number of benzene rings is 2. The summed E-state index contributed by atoms with van der Waals surface area (Å²) in [7, 11) is 1.24. The third kappa shape index (κ3) is 5.35. The SMILES string of the molecule is CO[C@H]1O[C@@H]2COC(c3ccccc3)O[C@H]2[C@H](OCc2ccccc2)[C@]1(O)OC(=O)C(C)[N+](=O)[O-]. The van der Waals surface area contributed by atoms with Crippen molar-refractivity contribution in [2.45, 2.75) is 56.3 Å². The van der Waals surface area contributed by atoms with Gasteiger partial charge in [-0.1, -0.05) is 60.7 Å². The summed E-state index contributed by atoms with van der Waals surface area (Å²) < 4.78 is 34.4. The highest BCUT2D eigenvalue weighted by Crippen LogP contribution is 2.41. The number of hydrogen-bond acceptors (Lipinski definition) is 10. The van der Waals surface area contributed by atoms with Crippen molar-refractivity contribution < 1.29 is 43.2 Å². The molecule has 0 aliphatic carbocycles. The first-order chi connectivity index (χ1) is 16.8. The van der Waals surface area contributed by atoms with Crippen LogP contribution in [0.25, 0.3) is 0 Å². The van der Waals surface area contributed by atoms with Gasteiger partial charge < -0.3 is 33.5 Å². The zero-order valence-corrected chi connectivity index (χ0v) is 19.2. The molecule has 2 unspecified atom stereocenters. The molecule has 188 valence electrons. The van der Waals surface area contributed by atoms with Crippen LogP contribution in [0.5, 0.6) is 0 Å². The Kier molecular flexibility index (Phi) is 7.75. The van der Waals surface area contributed by atoms with Crippen molar-refractivity contribution in [2.24, 2.45) is 0 Å². The molecule has 11 heteroatoms. The van der Waals surface area contributed by atoms with Gasteiger partial charge in [-0.25, -0.2) is 4.79 Å². The number of ether oxygens (including phenoxy) is 6. The molecule has 0 radical (unpaired) electrons. The number of rotatable bonds is 8. The van der Waals surface area contributed by atoms with E-state index < -0.39 is 53.6 Å². The second-order valence-corrected chi connectivity index (χ2v) is 8.27. The fraction of sp³-hybridized carbons (Fsp3) is 0.458. The Morgan fingerprint density at radius 1 is 1.17 bits per heavy atom. The third-order valence-corrected chi connectivity index (χ3v) is 5.88. The molecule has 35 heavy (non-hydrogen) atoms. The van der Waals surface area contributed by atoms with Gasteiger partial charge >= 0.3 is 12.0 Å². The highest BCUT2D eigenvalue weighted by molar-refractivity contribution is 5.74. The van der Waals surface area contributed by atoms with Crippen molar-refractivity contribution in [3.63, 3.8) is 0 Å². The molecule has 7 atom stereocenters. The number of aliphatic hydroxyl groups is 1. The number of esters is 1. The second kappa shape index (κ2) is 10.8. The monoisotopic (exact) mass is 489 g/mol. The Labute approximate surface area is 201 Å². The van der Waals surface area contributed by atoms with Crippen molar-refractivity contribution >= 4 is 5.97 Å². The van der Waals surface area contributed by atoms with E-state index >= 15 is 0 Å². The van der Waals surface area contributed by atoms with Crippen LogP contribution in [-0.2, 0) is 39.8 Å². The molecule has 0 aromatic heterocycles. The van der Waals surface area contributed by atoms with E-state index in [1.165, 1.54) is 7.11 Å². The van der Waals surface area contributed by atoms with Crippen LogP contribution in [0.3, 0.4) is 0 Å². The summed E-state index contributed by atoms with van der Waals surface area (Å²) in [5.41, 5.74) is 1.51. The number of nitrogens with zero attached hydrogens (tertiary/aromatic N) is 1. The number of nitro groups is 1. The molecule has 2 aliphatic rings. The Balaban J connectivity index is 1.66. The van der Waals surface area contributed by atoms with Gasteiger partial charge in [0.25, 0.3) is 5.79 Å². The molecule has 2 heterocycles. The van der Waals surface area contributed by atoms with Gasteiger partial charge in [-0.3, -0.25) is 10.1 Å². The molecule has 2 aliphatic heterocycles. The minimum atomic E-state index is -2.55. The van der Waals surface area contributed by atoms with Crippen molar-refractivity contribution in [3.8, 4) is 0 Å². The van der Waals surface area contributed by atoms with E-state index in [2.05, 4.69) is 0 Å². The number of fused-ring (bicyclic) bond motifs is 1. The molecule has 2 aromatic carbocycles. The van der Waals surface area contributed by atoms with Gasteiger partial charge in [0.2, 0.25) is 6.29 Å². The lowest BCUT2D eigenvalue weighted by molar-refractivity contribution is -0.510. The van der Waals surface area contributed by atoms with Gasteiger partial charge in [-0.15, -0.1) is 0 Å². The number of methoxy groups -OCH3 is 1. The van der Waals surface area contributed by atoms with E-state index in [0.717, 1.165) is 18.1 Å². The van der Waals surface area contributed by atoms with Crippen molar-refractivity contribution in [3.05, 3.63) is 81.9 Å². The zero-order chi connectivity index (χ0) is 25.0. The zero-order valence-electron chi connectivity index (χ0n) is 19.2. The van der Waals surface area contributed by atoms with Gasteiger partial charge in [0.05, 0.1) is 13.2 Å². The fourth-order valence-electron chi connectivity index (χ4n) is 3.98. The molecule has 1 N–H and O–H groups in total. The van der Waals surface area contributed by atoms with E-state index in [9.17, 15) is 20.0 Å². The van der Waals surface area contributed by atoms with Crippen molar-refractivity contribution in [1.29, 1.82) is 0 Å². The number of carbonyl (C=O) groups excluding carboxylic acids is 1. The van der Waals surface area contributed by atoms with E-state index in [0.29, 0.717) is 0 Å². The van der Waals surface area contributed by atoms with Gasteiger partial charge in [-0.2, -0.15) is 0 Å². The summed E-state index contributed by atoms with van der Waals surface area (Å²) in [5.74, 6) is -3.83. The molecular formula is C24H27NO10. The van der Waals surface area contributed by atoms with Crippen LogP contribution in [-0.4, -0.2) is 66.1 Å². The van der Waals surface area contributed by atoms with E-state index in [1.807, 2.05) is 60.7 Å². The van der Waals surface area contributed by atoms with Gasteiger partial charge in [0, 0.05) is 24.5 Å². The summed E-state index contributed by atoms with van der Waals surface area (Å²) >= 11 is 0. The standard InChI is InChI=1S/C24H27NO10/c1-15(25(28)29)21(26)35-24(27)20(31-13-16-9-5-3-6-10-16)19-18(33-23(24)30-2)14-32-22(34-19)17-11-7-4-8-12-17/h3-12,15,18-20,22-23,27H,13-14H2,1-2H3/t15?,18-,19-,20+,22?,23+,24+/m1/s1. The lowest BCUT2D eigenvalue weighted by Gasteiger charge is -2.51. The lowest BCUT2D eigenvalue weighted by atomic mass is 9.94. The second-order valence-electron chi connectivity index (χ2n) is 8.27. The van der Waals surface area contributed by atoms with Crippen LogP contribution in [0.2, 0.25) is 0 Å². The molecule has 4 rings (SSSR count). The maximum absolute atomic E-state index is 12.5. The number of carbonyl (C=O) groups is 1. The highest BCUT2D eigenvalue weighted by Gasteiger charge is 2.62. The summed E-state index contributed by atoms with van der Waals surface area (Å²) in [6.45, 7) is 1.15. The molecule has 0 amide bonds. The van der Waals surface area contributed by atoms with Crippen LogP contribution in [0, 0.1) is 10.1 Å². The molecule has 0 bridgehead atoms. The minimum Gasteiger partial charge on any atom is -0.419 e. The maximum Gasteiger partial charge on any atom is 0.384 e. The van der Waals surface area contributed by atoms with Crippen molar-refractivity contribution in [1.82, 2.24) is 0 Å². The van der Waals surface area contributed by atoms with E-state index in [1.54, 1.807) is 0 Å². The predicted molar refractivity (Wildman–Crippen MR) is 118 cm³/mol. The first kappa shape index (κ1) is 25.2. The average molecular weight is 489 g/mol. The van der Waals surface area contributed by atoms with Gasteiger partial charge in [-0.05, 0) is 5.56 Å². The van der Waals surface area contributed by atoms with E-state index in [4.69, 9.17) is 28.4 Å². The summed E-state index contributed by atoms with van der Waals surface area (Å²) in [5, 5.41) is 22.8. The molecule has 0 spiro atoms. The minimum absolute atomic E-state index is 0.0238. The molecule has 0 saturated carbocycles. The van der Waals surface area contributed by atoms with Crippen LogP contribution in [0.4, 0.5) is 0 Å². The predicted octanol–water partition coefficient (Wildman–Crippen LogP) is 1.95. The maximum atomic E-state index is 12.5. The summed E-state index contributed by atoms with van der Waals surface area (Å²) in [4.78, 5) is 22.9. The average Bonchev–Trinajstić information content (AvgIpc) is 2.88. The Hall–Kier alpha value is -2.93. The smallest absolute Gasteiger partial charge is 0.384 e. The van der Waals surface area contributed by atoms with Crippen LogP contribution < -0.4 is 0 Å².